The van der Waals surface area contributed by atoms with Gasteiger partial charge in [-0.25, -0.2) is 4.79 Å². The average Bonchev–Trinajstić information content (AvgIpc) is 3.39. The van der Waals surface area contributed by atoms with E-state index < -0.39 is 11.9 Å². The minimum atomic E-state index is -0.445. The number of nitrogens with one attached hydrogen (secondary N) is 2. The van der Waals surface area contributed by atoms with Gasteiger partial charge in [0.2, 0.25) is 5.13 Å². The van der Waals surface area contributed by atoms with Crippen LogP contribution in [0.3, 0.4) is 0 Å². The van der Waals surface area contributed by atoms with Crippen LogP contribution < -0.4 is 10.6 Å². The lowest BCUT2D eigenvalue weighted by Gasteiger charge is -2.16. The third-order valence-electron chi connectivity index (χ3n) is 4.04. The Morgan fingerprint density at radius 1 is 1.27 bits per heavy atom. The van der Waals surface area contributed by atoms with Crippen LogP contribution in [0.25, 0.3) is 0 Å². The van der Waals surface area contributed by atoms with Crippen molar-refractivity contribution in [2.75, 3.05) is 18.5 Å². The maximum Gasteiger partial charge on any atom is 0.321 e. The highest BCUT2D eigenvalue weighted by atomic mass is 32.1. The fourth-order valence-corrected chi connectivity index (χ4v) is 3.44. The molecule has 1 aromatic carbocycles. The lowest BCUT2D eigenvalue weighted by atomic mass is 9.99. The number of carbonyl (C=O) groups excluding carboxylic acids is 2. The van der Waals surface area contributed by atoms with E-state index >= 15 is 0 Å². The molecule has 0 spiro atoms. The molecule has 2 N–H and O–H groups in total. The van der Waals surface area contributed by atoms with Gasteiger partial charge in [-0.3, -0.25) is 10.1 Å². The van der Waals surface area contributed by atoms with Gasteiger partial charge in [-0.05, 0) is 31.7 Å². The van der Waals surface area contributed by atoms with E-state index in [-0.39, 0.29) is 12.5 Å². The summed E-state index contributed by atoms with van der Waals surface area (Å²) in [6.45, 7) is 2.27. The zero-order chi connectivity index (χ0) is 18.4. The highest BCUT2D eigenvalue weighted by molar-refractivity contribution is 7.15. The summed E-state index contributed by atoms with van der Waals surface area (Å²) in [6.07, 6.45) is 2.79. The molecule has 138 valence electrons. The van der Waals surface area contributed by atoms with Crippen LogP contribution in [0.1, 0.15) is 36.3 Å². The van der Waals surface area contributed by atoms with Gasteiger partial charge in [-0.2, -0.15) is 0 Å². The second-order valence-corrected chi connectivity index (χ2v) is 7.20. The average molecular weight is 374 g/mol. The van der Waals surface area contributed by atoms with E-state index in [4.69, 9.17) is 4.74 Å². The van der Waals surface area contributed by atoms with Crippen LogP contribution in [-0.2, 0) is 16.0 Å². The third-order valence-corrected chi connectivity index (χ3v) is 5.04. The molecule has 0 saturated heterocycles. The maximum atomic E-state index is 12.2. The Morgan fingerprint density at radius 2 is 2.04 bits per heavy atom. The smallest absolute Gasteiger partial charge is 0.321 e. The van der Waals surface area contributed by atoms with Crippen molar-refractivity contribution in [1.29, 1.82) is 0 Å². The molecule has 1 fully saturated rings. The Hall–Kier alpha value is -2.48. The van der Waals surface area contributed by atoms with Gasteiger partial charge in [0, 0.05) is 12.5 Å². The number of hydrogen-bond donors (Lipinski definition) is 2. The quantitative estimate of drug-likeness (QED) is 0.693. The summed E-state index contributed by atoms with van der Waals surface area (Å²) >= 11 is 1.40. The van der Waals surface area contributed by atoms with E-state index in [1.165, 1.54) is 11.3 Å². The first-order chi connectivity index (χ1) is 12.7. The molecule has 2 aromatic rings. The molecular weight excluding hydrogens is 352 g/mol. The van der Waals surface area contributed by atoms with E-state index in [0.717, 1.165) is 23.4 Å². The Labute approximate surface area is 156 Å². The summed E-state index contributed by atoms with van der Waals surface area (Å²) in [5.74, 6) is -0.256. The number of aromatic nitrogens is 2. The molecule has 2 amide bonds. The van der Waals surface area contributed by atoms with Crippen molar-refractivity contribution in [1.82, 2.24) is 15.5 Å². The van der Waals surface area contributed by atoms with Gasteiger partial charge in [0.1, 0.15) is 5.01 Å². The number of ether oxygens (including phenoxy) is 1. The molecule has 0 aliphatic heterocycles. The largest absolute Gasteiger partial charge is 0.466 e. The summed E-state index contributed by atoms with van der Waals surface area (Å²) in [5, 5.41) is 14.9. The van der Waals surface area contributed by atoms with E-state index in [1.807, 2.05) is 30.3 Å². The number of rotatable bonds is 8. The molecule has 1 saturated carbocycles. The monoisotopic (exact) mass is 374 g/mol. The fourth-order valence-electron chi connectivity index (χ4n) is 2.54. The number of amides is 2. The van der Waals surface area contributed by atoms with Crippen molar-refractivity contribution < 1.29 is 14.3 Å². The van der Waals surface area contributed by atoms with Crippen LogP contribution in [0.5, 0.6) is 0 Å². The van der Waals surface area contributed by atoms with Crippen LogP contribution >= 0.6 is 11.3 Å². The Morgan fingerprint density at radius 3 is 2.73 bits per heavy atom. The Bertz CT molecular complexity index is 746. The van der Waals surface area contributed by atoms with Crippen LogP contribution in [0.2, 0.25) is 0 Å². The fraction of sp³-hybridized carbons (Fsp3) is 0.444. The predicted octanol–water partition coefficient (Wildman–Crippen LogP) is 2.96. The highest BCUT2D eigenvalue weighted by Crippen LogP contribution is 2.41. The van der Waals surface area contributed by atoms with Crippen LogP contribution in [-0.4, -0.2) is 35.3 Å². The molecule has 26 heavy (non-hydrogen) atoms. The molecule has 3 rings (SSSR count). The maximum absolute atomic E-state index is 12.2. The van der Waals surface area contributed by atoms with E-state index in [0.29, 0.717) is 24.1 Å². The zero-order valence-electron chi connectivity index (χ0n) is 14.6. The van der Waals surface area contributed by atoms with Crippen molar-refractivity contribution in [3.63, 3.8) is 0 Å². The van der Waals surface area contributed by atoms with Crippen LogP contribution in [0.15, 0.2) is 30.3 Å². The lowest BCUT2D eigenvalue weighted by Crippen LogP contribution is -2.37. The van der Waals surface area contributed by atoms with Gasteiger partial charge in [0.15, 0.2) is 0 Å². The highest BCUT2D eigenvalue weighted by Gasteiger charge is 2.28. The molecular formula is C18H22N4O3S. The molecule has 1 aliphatic carbocycles. The molecule has 1 atom stereocenters. The summed E-state index contributed by atoms with van der Waals surface area (Å²) in [7, 11) is 0. The minimum absolute atomic E-state index is 0.188. The Balaban J connectivity index is 1.53. The molecule has 1 aromatic heterocycles. The second kappa shape index (κ2) is 8.75. The molecule has 0 bridgehead atoms. The number of benzene rings is 1. The van der Waals surface area contributed by atoms with Gasteiger partial charge in [-0.1, -0.05) is 41.7 Å². The first kappa shape index (κ1) is 18.3. The van der Waals surface area contributed by atoms with Gasteiger partial charge < -0.3 is 10.1 Å². The topological polar surface area (TPSA) is 93.2 Å². The molecule has 8 heteroatoms. The van der Waals surface area contributed by atoms with Crippen molar-refractivity contribution in [2.45, 2.75) is 32.1 Å². The number of esters is 1. The summed E-state index contributed by atoms with van der Waals surface area (Å²) < 4.78 is 5.13. The van der Waals surface area contributed by atoms with E-state index in [2.05, 4.69) is 20.8 Å². The molecule has 1 unspecified atom stereocenters. The standard InChI is InChI=1S/C18H22N4O3S/c1-2-25-16(23)14(10-12-6-4-3-5-7-12)11-19-17(24)20-18-22-21-15(26-18)13-8-9-13/h3-7,13-14H,2,8-11H2,1H3,(H2,19,20,22,24). The third kappa shape index (κ3) is 5.26. The summed E-state index contributed by atoms with van der Waals surface area (Å²) in [5.41, 5.74) is 1.02. The normalized spacial score (nSPS) is 14.5. The van der Waals surface area contributed by atoms with Crippen LogP contribution in [0, 0.1) is 5.92 Å². The van der Waals surface area contributed by atoms with E-state index in [9.17, 15) is 9.59 Å². The number of nitrogens with zero attached hydrogens (tertiary/aromatic N) is 2. The van der Waals surface area contributed by atoms with Gasteiger partial charge in [0.05, 0.1) is 12.5 Å². The molecule has 1 aliphatic rings. The molecule has 1 heterocycles. The first-order valence-corrected chi connectivity index (χ1v) is 9.56. The number of urea groups is 1. The van der Waals surface area contributed by atoms with Crippen molar-refractivity contribution in [3.05, 3.63) is 40.9 Å². The van der Waals surface area contributed by atoms with Crippen molar-refractivity contribution in [3.8, 4) is 0 Å². The number of anilines is 1. The SMILES string of the molecule is CCOC(=O)C(CNC(=O)Nc1nnc(C2CC2)s1)Cc1ccccc1. The van der Waals surface area contributed by atoms with E-state index in [1.54, 1.807) is 6.92 Å². The van der Waals surface area contributed by atoms with Crippen molar-refractivity contribution in [2.24, 2.45) is 5.92 Å². The summed E-state index contributed by atoms with van der Waals surface area (Å²) in [4.78, 5) is 24.3. The van der Waals surface area contributed by atoms with Crippen LogP contribution in [0.4, 0.5) is 9.93 Å². The molecule has 7 nitrogen and oxygen atoms in total. The number of carbonyl (C=O) groups is 2. The minimum Gasteiger partial charge on any atom is -0.466 e. The van der Waals surface area contributed by atoms with Crippen molar-refractivity contribution >= 4 is 28.5 Å². The van der Waals surface area contributed by atoms with Gasteiger partial charge in [-0.15, -0.1) is 10.2 Å². The zero-order valence-corrected chi connectivity index (χ0v) is 15.4. The number of hydrogen-bond acceptors (Lipinski definition) is 6. The Kier molecular flexibility index (Phi) is 6.17. The second-order valence-electron chi connectivity index (χ2n) is 6.19. The van der Waals surface area contributed by atoms with Gasteiger partial charge in [0.25, 0.3) is 0 Å². The summed E-state index contributed by atoms with van der Waals surface area (Å²) in [6, 6.07) is 9.27. The van der Waals surface area contributed by atoms with Gasteiger partial charge >= 0.3 is 12.0 Å². The molecule has 0 radical (unpaired) electrons. The first-order valence-electron chi connectivity index (χ1n) is 8.74. The lowest BCUT2D eigenvalue weighted by molar-refractivity contribution is -0.147. The predicted molar refractivity (Wildman–Crippen MR) is 99.2 cm³/mol.